The van der Waals surface area contributed by atoms with Gasteiger partial charge in [0.2, 0.25) is 0 Å². The number of nitrogens with zero attached hydrogens (tertiary/aromatic N) is 2. The Hall–Kier alpha value is -4.01. The molecule has 1 aliphatic rings. The van der Waals surface area contributed by atoms with Crippen molar-refractivity contribution in [3.05, 3.63) is 77.6 Å². The van der Waals surface area contributed by atoms with Gasteiger partial charge in [0, 0.05) is 23.0 Å². The number of nitrogens with two attached hydrogens (primary N) is 1. The fourth-order valence-electron chi connectivity index (χ4n) is 3.03. The summed E-state index contributed by atoms with van der Waals surface area (Å²) in [5.41, 5.74) is 6.78. The van der Waals surface area contributed by atoms with Crippen molar-refractivity contribution in [1.82, 2.24) is 9.55 Å². The summed E-state index contributed by atoms with van der Waals surface area (Å²) in [4.78, 5) is 40.6. The minimum absolute atomic E-state index is 0.0249. The molecule has 0 spiro atoms. The van der Waals surface area contributed by atoms with Crippen LogP contribution in [0.4, 0.5) is 15.8 Å². The van der Waals surface area contributed by atoms with E-state index in [1.165, 1.54) is 30.6 Å². The molecular weight excluding hydrogens is 389 g/mol. The standard InChI is InChI=1S/C21H18FN5O3/c22-13-3-1-12(2-4-13)20(29)25-14-5-7-15(8-6-14)26-21(30)17-18(19(23)28)27(11-24-17)16-9-10-16/h1-8,11,16H,9-10H2,(H2,23,28)(H,25,29)(H,26,30). The van der Waals surface area contributed by atoms with E-state index in [-0.39, 0.29) is 23.3 Å². The number of nitrogens with one attached hydrogen (secondary N) is 2. The highest BCUT2D eigenvalue weighted by Gasteiger charge is 2.31. The predicted octanol–water partition coefficient (Wildman–Crippen LogP) is 2.96. The van der Waals surface area contributed by atoms with Crippen LogP contribution < -0.4 is 16.4 Å². The first-order valence-corrected chi connectivity index (χ1v) is 9.27. The topological polar surface area (TPSA) is 119 Å². The number of anilines is 2. The second-order valence-corrected chi connectivity index (χ2v) is 6.94. The average molecular weight is 407 g/mol. The number of hydrogen-bond acceptors (Lipinski definition) is 4. The Morgan fingerprint density at radius 3 is 2.03 bits per heavy atom. The molecule has 1 aromatic heterocycles. The van der Waals surface area contributed by atoms with Gasteiger partial charge in [-0.15, -0.1) is 0 Å². The van der Waals surface area contributed by atoms with E-state index >= 15 is 0 Å². The molecule has 1 saturated carbocycles. The van der Waals surface area contributed by atoms with Crippen LogP contribution in [0, 0.1) is 5.82 Å². The number of benzene rings is 2. The second kappa shape index (κ2) is 7.78. The number of imidazole rings is 1. The van der Waals surface area contributed by atoms with Crippen molar-refractivity contribution >= 4 is 29.1 Å². The number of primary amides is 1. The average Bonchev–Trinajstić information content (AvgIpc) is 3.47. The van der Waals surface area contributed by atoms with Crippen molar-refractivity contribution in [2.45, 2.75) is 18.9 Å². The van der Waals surface area contributed by atoms with Crippen molar-refractivity contribution < 1.29 is 18.8 Å². The lowest BCUT2D eigenvalue weighted by molar-refractivity contribution is 0.0968. The van der Waals surface area contributed by atoms with Gasteiger partial charge in [-0.05, 0) is 61.4 Å². The number of aromatic nitrogens is 2. The molecule has 0 aliphatic heterocycles. The summed E-state index contributed by atoms with van der Waals surface area (Å²) in [6.45, 7) is 0. The predicted molar refractivity (Wildman–Crippen MR) is 108 cm³/mol. The molecular formula is C21H18FN5O3. The van der Waals surface area contributed by atoms with Gasteiger partial charge in [-0.25, -0.2) is 9.37 Å². The first-order valence-electron chi connectivity index (χ1n) is 9.27. The van der Waals surface area contributed by atoms with Crippen LogP contribution in [-0.4, -0.2) is 27.3 Å². The van der Waals surface area contributed by atoms with Gasteiger partial charge in [-0.2, -0.15) is 0 Å². The minimum Gasteiger partial charge on any atom is -0.364 e. The molecule has 1 aliphatic carbocycles. The molecule has 8 nitrogen and oxygen atoms in total. The third-order valence-electron chi connectivity index (χ3n) is 4.69. The zero-order valence-corrected chi connectivity index (χ0v) is 15.8. The van der Waals surface area contributed by atoms with Crippen molar-refractivity contribution in [1.29, 1.82) is 0 Å². The number of hydrogen-bond donors (Lipinski definition) is 3. The van der Waals surface area contributed by atoms with Gasteiger partial charge < -0.3 is 20.9 Å². The summed E-state index contributed by atoms with van der Waals surface area (Å²) in [5, 5.41) is 5.35. The number of amides is 3. The van der Waals surface area contributed by atoms with Crippen LogP contribution in [0.5, 0.6) is 0 Å². The highest BCUT2D eigenvalue weighted by atomic mass is 19.1. The molecule has 4 N–H and O–H groups in total. The second-order valence-electron chi connectivity index (χ2n) is 6.94. The first-order chi connectivity index (χ1) is 14.4. The van der Waals surface area contributed by atoms with Gasteiger partial charge in [0.05, 0.1) is 6.33 Å². The molecule has 1 heterocycles. The number of carbonyl (C=O) groups is 3. The summed E-state index contributed by atoms with van der Waals surface area (Å²) in [6, 6.07) is 11.7. The number of rotatable bonds is 6. The summed E-state index contributed by atoms with van der Waals surface area (Å²) < 4.78 is 14.6. The van der Waals surface area contributed by atoms with E-state index in [1.807, 2.05) is 0 Å². The molecule has 0 radical (unpaired) electrons. The van der Waals surface area contributed by atoms with E-state index in [0.29, 0.717) is 16.9 Å². The zero-order chi connectivity index (χ0) is 21.3. The Bertz CT molecular complexity index is 1120. The SMILES string of the molecule is NC(=O)c1c(C(=O)Nc2ccc(NC(=O)c3ccc(F)cc3)cc2)ncn1C1CC1. The third-order valence-corrected chi connectivity index (χ3v) is 4.69. The van der Waals surface area contributed by atoms with Crippen LogP contribution in [0.25, 0.3) is 0 Å². The molecule has 30 heavy (non-hydrogen) atoms. The fourth-order valence-corrected chi connectivity index (χ4v) is 3.03. The maximum Gasteiger partial charge on any atom is 0.276 e. The van der Waals surface area contributed by atoms with E-state index in [0.717, 1.165) is 12.8 Å². The van der Waals surface area contributed by atoms with Crippen LogP contribution in [-0.2, 0) is 0 Å². The number of carbonyl (C=O) groups excluding carboxylic acids is 3. The van der Waals surface area contributed by atoms with Crippen molar-refractivity contribution in [3.63, 3.8) is 0 Å². The van der Waals surface area contributed by atoms with E-state index in [9.17, 15) is 18.8 Å². The van der Waals surface area contributed by atoms with Crippen LogP contribution in [0.2, 0.25) is 0 Å². The van der Waals surface area contributed by atoms with Gasteiger partial charge >= 0.3 is 0 Å². The van der Waals surface area contributed by atoms with Crippen molar-refractivity contribution in [3.8, 4) is 0 Å². The Morgan fingerprint density at radius 1 is 0.933 bits per heavy atom. The minimum atomic E-state index is -0.705. The zero-order valence-electron chi connectivity index (χ0n) is 15.8. The van der Waals surface area contributed by atoms with E-state index in [4.69, 9.17) is 5.73 Å². The summed E-state index contributed by atoms with van der Waals surface area (Å²) in [6.07, 6.45) is 3.30. The van der Waals surface area contributed by atoms with Gasteiger partial charge in [0.1, 0.15) is 11.5 Å². The maximum atomic E-state index is 13.0. The van der Waals surface area contributed by atoms with Crippen LogP contribution in [0.1, 0.15) is 50.2 Å². The monoisotopic (exact) mass is 407 g/mol. The maximum absolute atomic E-state index is 13.0. The Morgan fingerprint density at radius 2 is 1.50 bits per heavy atom. The largest absolute Gasteiger partial charge is 0.364 e. The van der Waals surface area contributed by atoms with Crippen LogP contribution in [0.15, 0.2) is 54.9 Å². The highest BCUT2D eigenvalue weighted by molar-refractivity contribution is 6.10. The smallest absolute Gasteiger partial charge is 0.276 e. The molecule has 0 unspecified atom stereocenters. The molecule has 3 amide bonds. The highest BCUT2D eigenvalue weighted by Crippen LogP contribution is 2.36. The molecule has 0 atom stereocenters. The molecule has 2 aromatic carbocycles. The Balaban J connectivity index is 1.43. The first kappa shape index (κ1) is 19.3. The lowest BCUT2D eigenvalue weighted by Crippen LogP contribution is -2.23. The van der Waals surface area contributed by atoms with Crippen molar-refractivity contribution in [2.24, 2.45) is 5.73 Å². The quantitative estimate of drug-likeness (QED) is 0.582. The van der Waals surface area contributed by atoms with E-state index in [2.05, 4.69) is 15.6 Å². The molecule has 3 aromatic rings. The molecule has 1 fully saturated rings. The van der Waals surface area contributed by atoms with Crippen molar-refractivity contribution in [2.75, 3.05) is 10.6 Å². The summed E-state index contributed by atoms with van der Waals surface area (Å²) in [7, 11) is 0. The van der Waals surface area contributed by atoms with Gasteiger partial charge in [0.15, 0.2) is 5.69 Å². The van der Waals surface area contributed by atoms with Gasteiger partial charge in [-0.3, -0.25) is 14.4 Å². The Labute approximate surface area is 170 Å². The van der Waals surface area contributed by atoms with Gasteiger partial charge in [-0.1, -0.05) is 0 Å². The number of halogens is 1. The Kier molecular flexibility index (Phi) is 5.01. The summed E-state index contributed by atoms with van der Waals surface area (Å²) >= 11 is 0. The van der Waals surface area contributed by atoms with Crippen LogP contribution in [0.3, 0.4) is 0 Å². The lowest BCUT2D eigenvalue weighted by Gasteiger charge is -2.09. The molecule has 9 heteroatoms. The third kappa shape index (κ3) is 4.04. The fraction of sp³-hybridized carbons (Fsp3) is 0.143. The molecule has 0 bridgehead atoms. The van der Waals surface area contributed by atoms with Crippen LogP contribution >= 0.6 is 0 Å². The molecule has 0 saturated heterocycles. The van der Waals surface area contributed by atoms with Gasteiger partial charge in [0.25, 0.3) is 17.7 Å². The molecule has 4 rings (SSSR count). The lowest BCUT2D eigenvalue weighted by atomic mass is 10.2. The molecule has 152 valence electrons. The normalized spacial score (nSPS) is 13.0. The summed E-state index contributed by atoms with van der Waals surface area (Å²) in [5.74, 6) is -2.06. The van der Waals surface area contributed by atoms with E-state index < -0.39 is 17.6 Å². The van der Waals surface area contributed by atoms with E-state index in [1.54, 1.807) is 28.8 Å².